The predicted octanol–water partition coefficient (Wildman–Crippen LogP) is 4.76. The molecule has 2 aromatic carbocycles. The van der Waals surface area contributed by atoms with E-state index in [-0.39, 0.29) is 0 Å². The second-order valence-corrected chi connectivity index (χ2v) is 5.36. The summed E-state index contributed by atoms with van der Waals surface area (Å²) in [5.41, 5.74) is 5.60. The monoisotopic (exact) mass is 292 g/mol. The fourth-order valence-electron chi connectivity index (χ4n) is 2.57. The Morgan fingerprint density at radius 2 is 1.86 bits per heavy atom. The number of rotatable bonds is 2. The van der Waals surface area contributed by atoms with Gasteiger partial charge in [0.15, 0.2) is 0 Å². The van der Waals surface area contributed by atoms with E-state index in [1.807, 2.05) is 49.2 Å². The van der Waals surface area contributed by atoms with E-state index in [2.05, 4.69) is 31.2 Å². The van der Waals surface area contributed by atoms with Crippen molar-refractivity contribution in [3.8, 4) is 0 Å². The Morgan fingerprint density at radius 1 is 1.14 bits per heavy atom. The Kier molecular flexibility index (Phi) is 3.96. The first kappa shape index (κ1) is 14.4. The first-order valence-electron chi connectivity index (χ1n) is 7.46. The van der Waals surface area contributed by atoms with Gasteiger partial charge >= 0.3 is 0 Å². The first-order valence-corrected chi connectivity index (χ1v) is 7.46. The van der Waals surface area contributed by atoms with E-state index in [0.29, 0.717) is 12.6 Å². The topological polar surface area (TPSA) is 24.8 Å². The van der Waals surface area contributed by atoms with Gasteiger partial charge in [-0.15, -0.1) is 0 Å². The number of amidine groups is 1. The van der Waals surface area contributed by atoms with Crippen molar-refractivity contribution in [1.29, 1.82) is 0 Å². The minimum atomic E-state index is 0.560. The minimum Gasteiger partial charge on any atom is -0.460 e. The van der Waals surface area contributed by atoms with Gasteiger partial charge in [0.25, 0.3) is 6.02 Å². The predicted molar refractivity (Wildman–Crippen MR) is 92.5 cm³/mol. The van der Waals surface area contributed by atoms with E-state index in [1.165, 1.54) is 11.1 Å². The third-order valence-electron chi connectivity index (χ3n) is 3.97. The zero-order valence-electron chi connectivity index (χ0n) is 13.2. The van der Waals surface area contributed by atoms with E-state index >= 15 is 0 Å². The van der Waals surface area contributed by atoms with Crippen molar-refractivity contribution in [1.82, 2.24) is 0 Å². The van der Waals surface area contributed by atoms with Crippen LogP contribution in [0.4, 0.5) is 11.4 Å². The summed E-state index contributed by atoms with van der Waals surface area (Å²) in [7, 11) is 1.99. The van der Waals surface area contributed by atoms with E-state index in [0.717, 1.165) is 16.9 Å². The van der Waals surface area contributed by atoms with E-state index in [4.69, 9.17) is 9.73 Å². The molecular weight excluding hydrogens is 272 g/mol. The highest BCUT2D eigenvalue weighted by Gasteiger charge is 2.20. The smallest absolute Gasteiger partial charge is 0.297 e. The molecule has 3 heteroatoms. The number of fused-ring (bicyclic) bond motifs is 1. The molecule has 0 spiro atoms. The number of hydrogen-bond acceptors (Lipinski definition) is 2. The lowest BCUT2D eigenvalue weighted by Crippen LogP contribution is -2.33. The van der Waals surface area contributed by atoms with Crippen LogP contribution in [0.2, 0.25) is 0 Å². The molecule has 0 saturated heterocycles. The highest BCUT2D eigenvalue weighted by Crippen LogP contribution is 2.30. The largest absolute Gasteiger partial charge is 0.460 e. The van der Waals surface area contributed by atoms with Crippen LogP contribution >= 0.6 is 0 Å². The Morgan fingerprint density at radius 3 is 2.68 bits per heavy atom. The molecule has 112 valence electrons. The summed E-state index contributed by atoms with van der Waals surface area (Å²) >= 11 is 0. The average Bonchev–Trinajstić information content (AvgIpc) is 2.57. The normalized spacial score (nSPS) is 16.4. The highest BCUT2D eigenvalue weighted by molar-refractivity contribution is 5.95. The van der Waals surface area contributed by atoms with E-state index in [1.54, 1.807) is 0 Å². The van der Waals surface area contributed by atoms with Crippen LogP contribution < -0.4 is 4.90 Å². The van der Waals surface area contributed by atoms with E-state index < -0.39 is 0 Å². The van der Waals surface area contributed by atoms with Crippen molar-refractivity contribution in [2.45, 2.75) is 20.5 Å². The van der Waals surface area contributed by atoms with Gasteiger partial charge in [-0.2, -0.15) is 4.99 Å². The molecule has 2 aromatic rings. The summed E-state index contributed by atoms with van der Waals surface area (Å²) in [6.07, 6.45) is 2.10. The van der Waals surface area contributed by atoms with Crippen molar-refractivity contribution < 1.29 is 4.74 Å². The second kappa shape index (κ2) is 6.06. The maximum Gasteiger partial charge on any atom is 0.297 e. The molecular formula is C19H20N2O. The molecule has 0 fully saturated rings. The van der Waals surface area contributed by atoms with Crippen molar-refractivity contribution in [2.24, 2.45) is 4.99 Å². The van der Waals surface area contributed by atoms with Gasteiger partial charge in [0.2, 0.25) is 0 Å². The molecule has 0 radical (unpaired) electrons. The van der Waals surface area contributed by atoms with Crippen molar-refractivity contribution in [2.75, 3.05) is 11.9 Å². The SMILES string of the molecule is C/C=C(/C)c1ccccc1N=C1OCc2ccccc2N1C. The van der Waals surface area contributed by atoms with Gasteiger partial charge in [0.05, 0.1) is 11.4 Å². The standard InChI is InChI=1S/C19H20N2O/c1-4-14(2)16-10-6-7-11-17(16)20-19-21(3)18-12-8-5-9-15(18)13-22-19/h4-12H,13H2,1-3H3/b14-4-,20-19?. The highest BCUT2D eigenvalue weighted by atomic mass is 16.5. The van der Waals surface area contributed by atoms with Crippen LogP contribution in [0.3, 0.4) is 0 Å². The summed E-state index contributed by atoms with van der Waals surface area (Å²) in [6.45, 7) is 4.70. The molecule has 3 rings (SSSR count). The number of nitrogens with zero attached hydrogens (tertiary/aromatic N) is 2. The third kappa shape index (κ3) is 2.62. The Balaban J connectivity index is 2.01. The number of aliphatic imine (C=N–C) groups is 1. The molecule has 3 nitrogen and oxygen atoms in total. The maximum atomic E-state index is 5.85. The summed E-state index contributed by atoms with van der Waals surface area (Å²) in [4.78, 5) is 6.75. The zero-order chi connectivity index (χ0) is 15.5. The third-order valence-corrected chi connectivity index (χ3v) is 3.97. The van der Waals surface area contributed by atoms with Gasteiger partial charge in [-0.1, -0.05) is 42.5 Å². The Bertz CT molecular complexity index is 747. The van der Waals surface area contributed by atoms with Gasteiger partial charge in [-0.3, -0.25) is 4.90 Å². The molecule has 0 aromatic heterocycles. The van der Waals surface area contributed by atoms with E-state index in [9.17, 15) is 0 Å². The molecule has 0 unspecified atom stereocenters. The summed E-state index contributed by atoms with van der Waals surface area (Å²) in [5.74, 6) is 0. The summed E-state index contributed by atoms with van der Waals surface area (Å²) in [5, 5.41) is 0. The molecule has 0 N–H and O–H groups in total. The van der Waals surface area contributed by atoms with Gasteiger partial charge in [0, 0.05) is 18.2 Å². The maximum absolute atomic E-state index is 5.85. The molecule has 0 bridgehead atoms. The zero-order valence-corrected chi connectivity index (χ0v) is 13.2. The fourth-order valence-corrected chi connectivity index (χ4v) is 2.57. The number of benzene rings is 2. The average molecular weight is 292 g/mol. The second-order valence-electron chi connectivity index (χ2n) is 5.36. The Labute approximate surface area is 131 Å². The van der Waals surface area contributed by atoms with Crippen LogP contribution in [0, 0.1) is 0 Å². The van der Waals surface area contributed by atoms with Gasteiger partial charge in [-0.05, 0) is 31.6 Å². The van der Waals surface area contributed by atoms with Crippen molar-refractivity contribution in [3.63, 3.8) is 0 Å². The van der Waals surface area contributed by atoms with Crippen molar-refractivity contribution >= 4 is 23.0 Å². The van der Waals surface area contributed by atoms with Crippen LogP contribution in [0.1, 0.15) is 25.0 Å². The molecule has 0 aliphatic carbocycles. The molecule has 1 aliphatic heterocycles. The lowest BCUT2D eigenvalue weighted by molar-refractivity contribution is 0.277. The molecule has 0 saturated carbocycles. The summed E-state index contributed by atoms with van der Waals surface area (Å²) < 4.78 is 5.85. The molecule has 0 amide bonds. The molecule has 1 aliphatic rings. The lowest BCUT2D eigenvalue weighted by atomic mass is 10.1. The minimum absolute atomic E-state index is 0.560. The lowest BCUT2D eigenvalue weighted by Gasteiger charge is -2.28. The van der Waals surface area contributed by atoms with Crippen LogP contribution in [0.5, 0.6) is 0 Å². The van der Waals surface area contributed by atoms with Crippen LogP contribution in [-0.2, 0) is 11.3 Å². The van der Waals surface area contributed by atoms with Gasteiger partial charge < -0.3 is 4.74 Å². The molecule has 22 heavy (non-hydrogen) atoms. The molecule has 0 atom stereocenters. The fraction of sp³-hybridized carbons (Fsp3) is 0.211. The van der Waals surface area contributed by atoms with Crippen LogP contribution in [0.25, 0.3) is 5.57 Å². The summed E-state index contributed by atoms with van der Waals surface area (Å²) in [6, 6.07) is 17.0. The Hall–Kier alpha value is -2.55. The van der Waals surface area contributed by atoms with Gasteiger partial charge in [0.1, 0.15) is 6.61 Å². The van der Waals surface area contributed by atoms with Crippen molar-refractivity contribution in [3.05, 3.63) is 65.7 Å². The quantitative estimate of drug-likeness (QED) is 0.797. The number of ether oxygens (including phenoxy) is 1. The first-order chi connectivity index (χ1) is 10.7. The number of anilines is 1. The van der Waals surface area contributed by atoms with Gasteiger partial charge in [-0.25, -0.2) is 0 Å². The number of hydrogen-bond donors (Lipinski definition) is 0. The number of para-hydroxylation sites is 2. The number of allylic oxidation sites excluding steroid dienone is 2. The van der Waals surface area contributed by atoms with Crippen LogP contribution in [-0.4, -0.2) is 13.1 Å². The van der Waals surface area contributed by atoms with Crippen LogP contribution in [0.15, 0.2) is 59.6 Å². The molecule has 1 heterocycles.